The van der Waals surface area contributed by atoms with Gasteiger partial charge in [-0.25, -0.2) is 4.79 Å². The van der Waals surface area contributed by atoms with Crippen LogP contribution in [0, 0.1) is 0 Å². The molecule has 0 amide bonds. The van der Waals surface area contributed by atoms with E-state index >= 15 is 0 Å². The van der Waals surface area contributed by atoms with E-state index in [1.807, 2.05) is 0 Å². The van der Waals surface area contributed by atoms with E-state index in [0.717, 1.165) is 13.0 Å². The van der Waals surface area contributed by atoms with Gasteiger partial charge >= 0.3 is 5.69 Å². The fourth-order valence-corrected chi connectivity index (χ4v) is 2.74. The van der Waals surface area contributed by atoms with Crippen molar-refractivity contribution in [2.75, 3.05) is 18.5 Å². The lowest BCUT2D eigenvalue weighted by atomic mass is 10.2. The Kier molecular flexibility index (Phi) is 3.66. The number of nitrogens with one attached hydrogen (secondary N) is 3. The minimum atomic E-state index is -0.415. The Hall–Kier alpha value is -2.28. The third-order valence-electron chi connectivity index (χ3n) is 3.73. The van der Waals surface area contributed by atoms with Crippen LogP contribution in [0.25, 0.3) is 0 Å². The molecule has 2 aromatic heterocycles. The van der Waals surface area contributed by atoms with E-state index in [0.29, 0.717) is 36.9 Å². The van der Waals surface area contributed by atoms with Crippen molar-refractivity contribution >= 4 is 5.82 Å². The van der Waals surface area contributed by atoms with Crippen LogP contribution >= 0.6 is 0 Å². The quantitative estimate of drug-likeness (QED) is 0.699. The Morgan fingerprint density at radius 2 is 2.29 bits per heavy atom. The molecule has 0 aliphatic carbocycles. The minimum absolute atomic E-state index is 0.300. The molecule has 1 atom stereocenters. The number of furan rings is 1. The van der Waals surface area contributed by atoms with Gasteiger partial charge in [-0.1, -0.05) is 6.92 Å². The monoisotopic (exact) mass is 291 g/mol. The molecule has 112 valence electrons. The fourth-order valence-electron chi connectivity index (χ4n) is 2.74. The molecular weight excluding hydrogens is 272 g/mol. The molecule has 2 aromatic rings. The predicted octanol–water partition coefficient (Wildman–Crippen LogP) is -0.644. The Bertz CT molecular complexity index is 730. The predicted molar refractivity (Wildman–Crippen MR) is 77.4 cm³/mol. The number of aromatic nitrogens is 2. The number of anilines is 1. The van der Waals surface area contributed by atoms with Crippen molar-refractivity contribution in [2.45, 2.75) is 26.4 Å². The molecule has 21 heavy (non-hydrogen) atoms. The molecule has 3 rings (SSSR count). The second-order valence-electron chi connectivity index (χ2n) is 5.28. The molecule has 0 fully saturated rings. The Labute approximate surface area is 121 Å². The van der Waals surface area contributed by atoms with E-state index < -0.39 is 5.69 Å². The third kappa shape index (κ3) is 2.64. The van der Waals surface area contributed by atoms with E-state index in [1.54, 1.807) is 18.4 Å². The van der Waals surface area contributed by atoms with Crippen LogP contribution in [0.15, 0.2) is 32.4 Å². The standard InChI is InChI=1S/C14H18N4O3/c1-2-5-17-8-11-12(15-9-17)18(14(20)16-13(11)19)7-10-4-3-6-21-10/h3-4,6,15H,2,5,7-9H2,1H3,(H,16,19,20)/p+1. The van der Waals surface area contributed by atoms with Gasteiger partial charge in [0.2, 0.25) is 0 Å². The molecular formula is C14H19N4O3+. The molecule has 0 saturated heterocycles. The molecule has 0 saturated carbocycles. The summed E-state index contributed by atoms with van der Waals surface area (Å²) in [5, 5.41) is 3.22. The highest BCUT2D eigenvalue weighted by Gasteiger charge is 2.25. The van der Waals surface area contributed by atoms with Gasteiger partial charge in [0.15, 0.2) is 6.67 Å². The maximum absolute atomic E-state index is 12.1. The first-order chi connectivity index (χ1) is 10.2. The number of rotatable bonds is 4. The zero-order chi connectivity index (χ0) is 14.8. The maximum atomic E-state index is 12.1. The highest BCUT2D eigenvalue weighted by molar-refractivity contribution is 5.44. The molecule has 0 bridgehead atoms. The molecule has 1 aliphatic heterocycles. The first kappa shape index (κ1) is 13.7. The average molecular weight is 291 g/mol. The number of quaternary nitrogens is 1. The van der Waals surface area contributed by atoms with E-state index in [2.05, 4.69) is 17.2 Å². The molecule has 3 heterocycles. The summed E-state index contributed by atoms with van der Waals surface area (Å²) < 4.78 is 6.81. The number of fused-ring (bicyclic) bond motifs is 1. The lowest BCUT2D eigenvalue weighted by Crippen LogP contribution is -3.12. The number of H-pyrrole nitrogens is 1. The first-order valence-corrected chi connectivity index (χ1v) is 7.15. The van der Waals surface area contributed by atoms with Crippen molar-refractivity contribution in [1.82, 2.24) is 9.55 Å². The Morgan fingerprint density at radius 1 is 1.43 bits per heavy atom. The number of hydrogen-bond acceptors (Lipinski definition) is 4. The maximum Gasteiger partial charge on any atom is 0.330 e. The van der Waals surface area contributed by atoms with Crippen molar-refractivity contribution in [3.8, 4) is 0 Å². The summed E-state index contributed by atoms with van der Waals surface area (Å²) in [4.78, 5) is 27.8. The van der Waals surface area contributed by atoms with E-state index in [-0.39, 0.29) is 5.56 Å². The van der Waals surface area contributed by atoms with E-state index in [4.69, 9.17) is 4.42 Å². The van der Waals surface area contributed by atoms with Gasteiger partial charge in [0.1, 0.15) is 23.7 Å². The SMILES string of the molecule is CCC[NH+]1CNc2c(c(=O)[nH]c(=O)n2Cc2ccco2)C1. The van der Waals surface area contributed by atoms with Gasteiger partial charge in [-0.15, -0.1) is 0 Å². The average Bonchev–Trinajstić information content (AvgIpc) is 2.97. The lowest BCUT2D eigenvalue weighted by molar-refractivity contribution is -0.912. The Balaban J connectivity index is 2.00. The normalized spacial score (nSPS) is 17.3. The first-order valence-electron chi connectivity index (χ1n) is 7.15. The molecule has 0 aromatic carbocycles. The van der Waals surface area contributed by atoms with Gasteiger partial charge in [-0.2, -0.15) is 0 Å². The van der Waals surface area contributed by atoms with Crippen LogP contribution in [-0.4, -0.2) is 22.8 Å². The molecule has 1 aliphatic rings. The van der Waals surface area contributed by atoms with Crippen LogP contribution in [0.5, 0.6) is 0 Å². The van der Waals surface area contributed by atoms with Gasteiger partial charge in [0.25, 0.3) is 5.56 Å². The third-order valence-corrected chi connectivity index (χ3v) is 3.73. The van der Waals surface area contributed by atoms with E-state index in [9.17, 15) is 9.59 Å². The second kappa shape index (κ2) is 5.61. The minimum Gasteiger partial charge on any atom is -0.467 e. The summed E-state index contributed by atoms with van der Waals surface area (Å²) >= 11 is 0. The van der Waals surface area contributed by atoms with Gasteiger partial charge in [-0.3, -0.25) is 14.3 Å². The largest absolute Gasteiger partial charge is 0.467 e. The van der Waals surface area contributed by atoms with Gasteiger partial charge in [0.05, 0.1) is 19.4 Å². The molecule has 7 heteroatoms. The fraction of sp³-hybridized carbons (Fsp3) is 0.429. The number of nitrogens with zero attached hydrogens (tertiary/aromatic N) is 1. The number of hydrogen-bond donors (Lipinski definition) is 3. The van der Waals surface area contributed by atoms with Crippen LogP contribution < -0.4 is 21.5 Å². The lowest BCUT2D eigenvalue weighted by Gasteiger charge is -2.27. The summed E-state index contributed by atoms with van der Waals surface area (Å²) in [6.07, 6.45) is 2.62. The summed E-state index contributed by atoms with van der Waals surface area (Å²) in [5.41, 5.74) is -0.0797. The van der Waals surface area contributed by atoms with Crippen LogP contribution in [0.3, 0.4) is 0 Å². The van der Waals surface area contributed by atoms with Crippen molar-refractivity contribution in [2.24, 2.45) is 0 Å². The molecule has 3 N–H and O–H groups in total. The Morgan fingerprint density at radius 3 is 3.00 bits per heavy atom. The molecule has 1 unspecified atom stereocenters. The zero-order valence-corrected chi connectivity index (χ0v) is 11.9. The molecule has 7 nitrogen and oxygen atoms in total. The van der Waals surface area contributed by atoms with Crippen LogP contribution in [0.4, 0.5) is 5.82 Å². The highest BCUT2D eigenvalue weighted by Crippen LogP contribution is 2.12. The second-order valence-corrected chi connectivity index (χ2v) is 5.28. The molecule has 0 radical (unpaired) electrons. The van der Waals surface area contributed by atoms with Gasteiger partial charge in [-0.05, 0) is 18.6 Å². The summed E-state index contributed by atoms with van der Waals surface area (Å²) in [6.45, 7) is 4.75. The van der Waals surface area contributed by atoms with Crippen molar-refractivity contribution in [3.05, 3.63) is 50.6 Å². The topological polar surface area (TPSA) is 84.5 Å². The smallest absolute Gasteiger partial charge is 0.330 e. The van der Waals surface area contributed by atoms with Crippen LogP contribution in [-0.2, 0) is 13.1 Å². The van der Waals surface area contributed by atoms with Crippen molar-refractivity contribution in [3.63, 3.8) is 0 Å². The van der Waals surface area contributed by atoms with E-state index in [1.165, 1.54) is 9.47 Å². The summed E-state index contributed by atoms with van der Waals surface area (Å²) in [7, 11) is 0. The zero-order valence-electron chi connectivity index (χ0n) is 11.9. The van der Waals surface area contributed by atoms with Gasteiger partial charge < -0.3 is 14.6 Å². The molecule has 0 spiro atoms. The van der Waals surface area contributed by atoms with Gasteiger partial charge in [0, 0.05) is 0 Å². The summed E-state index contributed by atoms with van der Waals surface area (Å²) in [5.74, 6) is 1.29. The van der Waals surface area contributed by atoms with Crippen LogP contribution in [0.2, 0.25) is 0 Å². The highest BCUT2D eigenvalue weighted by atomic mass is 16.3. The van der Waals surface area contributed by atoms with Crippen molar-refractivity contribution in [1.29, 1.82) is 0 Å². The van der Waals surface area contributed by atoms with Crippen LogP contribution in [0.1, 0.15) is 24.7 Å². The summed E-state index contributed by atoms with van der Waals surface area (Å²) in [6, 6.07) is 3.58. The van der Waals surface area contributed by atoms with Crippen molar-refractivity contribution < 1.29 is 9.32 Å². The number of aromatic amines is 1.